The Morgan fingerprint density at radius 2 is 1.47 bits per heavy atom. The zero-order valence-corrected chi connectivity index (χ0v) is 11.7. The van der Waals surface area contributed by atoms with E-state index < -0.39 is 0 Å². The van der Waals surface area contributed by atoms with Crippen LogP contribution in [0.4, 0.5) is 0 Å². The molecule has 0 heterocycles. The SMILES string of the molecule is CCCCC=CPCCCCCCCC. The molecule has 0 spiro atoms. The van der Waals surface area contributed by atoms with Crippen LogP contribution in [0.5, 0.6) is 0 Å². The second-order valence-corrected chi connectivity index (χ2v) is 5.51. The third-order valence-electron chi connectivity index (χ3n) is 2.63. The molecule has 0 aromatic rings. The minimum absolute atomic E-state index is 1.08. The van der Waals surface area contributed by atoms with Gasteiger partial charge in [0.15, 0.2) is 0 Å². The maximum absolute atomic E-state index is 2.40. The predicted molar refractivity (Wildman–Crippen MR) is 75.2 cm³/mol. The Morgan fingerprint density at radius 3 is 2.20 bits per heavy atom. The average molecular weight is 228 g/mol. The lowest BCUT2D eigenvalue weighted by atomic mass is 10.1. The second kappa shape index (κ2) is 14.2. The average Bonchev–Trinajstić information content (AvgIpc) is 2.26. The molecule has 0 amide bonds. The maximum atomic E-state index is 2.40. The summed E-state index contributed by atoms with van der Waals surface area (Å²) < 4.78 is 0. The maximum Gasteiger partial charge on any atom is -0.0319 e. The monoisotopic (exact) mass is 228 g/mol. The first-order chi connectivity index (χ1) is 7.41. The highest BCUT2D eigenvalue weighted by Crippen LogP contribution is 2.16. The molecule has 0 aliphatic rings. The van der Waals surface area contributed by atoms with Crippen LogP contribution < -0.4 is 0 Å². The number of rotatable bonds is 11. The van der Waals surface area contributed by atoms with E-state index in [1.807, 2.05) is 0 Å². The van der Waals surface area contributed by atoms with E-state index in [4.69, 9.17) is 0 Å². The van der Waals surface area contributed by atoms with Crippen LogP contribution in [0.3, 0.4) is 0 Å². The van der Waals surface area contributed by atoms with E-state index in [1.165, 1.54) is 63.9 Å². The van der Waals surface area contributed by atoms with Gasteiger partial charge in [0.05, 0.1) is 0 Å². The van der Waals surface area contributed by atoms with E-state index in [-0.39, 0.29) is 0 Å². The Balaban J connectivity index is 2.95. The second-order valence-electron chi connectivity index (χ2n) is 4.27. The van der Waals surface area contributed by atoms with Crippen LogP contribution in [0.1, 0.15) is 71.6 Å². The molecule has 0 bridgehead atoms. The van der Waals surface area contributed by atoms with Crippen LogP contribution in [-0.2, 0) is 0 Å². The van der Waals surface area contributed by atoms with Crippen LogP contribution in [-0.4, -0.2) is 6.16 Å². The highest BCUT2D eigenvalue weighted by molar-refractivity contribution is 7.41. The molecule has 0 N–H and O–H groups in total. The summed E-state index contributed by atoms with van der Waals surface area (Å²) in [6.45, 7) is 4.54. The molecule has 15 heavy (non-hydrogen) atoms. The van der Waals surface area contributed by atoms with E-state index in [1.54, 1.807) is 0 Å². The Kier molecular flexibility index (Phi) is 14.3. The molecule has 1 unspecified atom stereocenters. The number of hydrogen-bond acceptors (Lipinski definition) is 0. The van der Waals surface area contributed by atoms with Gasteiger partial charge in [0.1, 0.15) is 0 Å². The van der Waals surface area contributed by atoms with Gasteiger partial charge >= 0.3 is 0 Å². The molecule has 0 aromatic carbocycles. The number of hydrogen-bond donors (Lipinski definition) is 0. The summed E-state index contributed by atoms with van der Waals surface area (Å²) in [7, 11) is 1.08. The molecule has 0 aliphatic heterocycles. The van der Waals surface area contributed by atoms with Crippen molar-refractivity contribution in [1.82, 2.24) is 0 Å². The molecule has 90 valence electrons. The zero-order valence-electron chi connectivity index (χ0n) is 10.7. The van der Waals surface area contributed by atoms with Crippen molar-refractivity contribution in [3.05, 3.63) is 11.9 Å². The lowest BCUT2D eigenvalue weighted by Gasteiger charge is -1.98. The normalized spacial score (nSPS) is 12.1. The van der Waals surface area contributed by atoms with Gasteiger partial charge in [-0.2, -0.15) is 0 Å². The van der Waals surface area contributed by atoms with Crippen LogP contribution in [0.2, 0.25) is 0 Å². The minimum Gasteiger partial charge on any atom is -0.0987 e. The summed E-state index contributed by atoms with van der Waals surface area (Å²) in [5, 5.41) is 0. The van der Waals surface area contributed by atoms with E-state index in [9.17, 15) is 0 Å². The molecule has 0 saturated heterocycles. The first-order valence-electron chi connectivity index (χ1n) is 6.80. The van der Waals surface area contributed by atoms with Gasteiger partial charge < -0.3 is 0 Å². The van der Waals surface area contributed by atoms with Crippen molar-refractivity contribution >= 4 is 8.58 Å². The quantitative estimate of drug-likeness (QED) is 0.313. The summed E-state index contributed by atoms with van der Waals surface area (Å²) in [6, 6.07) is 0. The Hall–Kier alpha value is 0.170. The Morgan fingerprint density at radius 1 is 0.800 bits per heavy atom. The van der Waals surface area contributed by atoms with Crippen molar-refractivity contribution in [3.8, 4) is 0 Å². The molecule has 0 aromatic heterocycles. The molecule has 0 saturated carbocycles. The Labute approximate surface area is 98.7 Å². The largest absolute Gasteiger partial charge is 0.0987 e. The van der Waals surface area contributed by atoms with Crippen LogP contribution in [0.15, 0.2) is 11.9 Å². The third kappa shape index (κ3) is 14.2. The number of allylic oxidation sites excluding steroid dienone is 1. The summed E-state index contributed by atoms with van der Waals surface area (Å²) in [6.07, 6.45) is 16.4. The van der Waals surface area contributed by atoms with Crippen molar-refractivity contribution in [3.63, 3.8) is 0 Å². The molecular formula is C14H29P. The lowest BCUT2D eigenvalue weighted by Crippen LogP contribution is -1.79. The third-order valence-corrected chi connectivity index (χ3v) is 3.75. The molecular weight excluding hydrogens is 199 g/mol. The van der Waals surface area contributed by atoms with Gasteiger partial charge in [0, 0.05) is 0 Å². The van der Waals surface area contributed by atoms with Crippen molar-refractivity contribution in [1.29, 1.82) is 0 Å². The highest BCUT2D eigenvalue weighted by Gasteiger charge is 1.88. The molecule has 0 fully saturated rings. The van der Waals surface area contributed by atoms with Gasteiger partial charge in [-0.15, -0.1) is 0 Å². The summed E-state index contributed by atoms with van der Waals surface area (Å²) in [5.41, 5.74) is 0. The van der Waals surface area contributed by atoms with Crippen LogP contribution in [0.25, 0.3) is 0 Å². The highest BCUT2D eigenvalue weighted by atomic mass is 31.1. The molecule has 1 atom stereocenters. The molecule has 1 heteroatoms. The van der Waals surface area contributed by atoms with Crippen molar-refractivity contribution < 1.29 is 0 Å². The molecule has 0 nitrogen and oxygen atoms in total. The minimum atomic E-state index is 1.08. The first kappa shape index (κ1) is 15.2. The lowest BCUT2D eigenvalue weighted by molar-refractivity contribution is 0.626. The van der Waals surface area contributed by atoms with Crippen molar-refractivity contribution in [2.45, 2.75) is 71.6 Å². The van der Waals surface area contributed by atoms with Gasteiger partial charge in [0.2, 0.25) is 0 Å². The fraction of sp³-hybridized carbons (Fsp3) is 0.857. The summed E-state index contributed by atoms with van der Waals surface area (Å²) in [4.78, 5) is 0. The van der Waals surface area contributed by atoms with Gasteiger partial charge in [0.25, 0.3) is 0 Å². The number of unbranched alkanes of at least 4 members (excludes halogenated alkanes) is 7. The summed E-state index contributed by atoms with van der Waals surface area (Å²) in [5.74, 6) is 2.40. The van der Waals surface area contributed by atoms with Crippen LogP contribution >= 0.6 is 8.58 Å². The van der Waals surface area contributed by atoms with Gasteiger partial charge in [-0.1, -0.05) is 79.3 Å². The predicted octanol–water partition coefficient (Wildman–Crippen LogP) is 5.73. The fourth-order valence-corrected chi connectivity index (χ4v) is 2.53. The smallest absolute Gasteiger partial charge is 0.0319 e. The van der Waals surface area contributed by atoms with Crippen LogP contribution in [0, 0.1) is 0 Å². The molecule has 0 radical (unpaired) electrons. The molecule has 0 rings (SSSR count). The van der Waals surface area contributed by atoms with E-state index >= 15 is 0 Å². The first-order valence-corrected chi connectivity index (χ1v) is 8.08. The van der Waals surface area contributed by atoms with E-state index in [2.05, 4.69) is 25.7 Å². The zero-order chi connectivity index (χ0) is 11.2. The topological polar surface area (TPSA) is 0 Å². The van der Waals surface area contributed by atoms with E-state index in [0.717, 1.165) is 8.58 Å². The summed E-state index contributed by atoms with van der Waals surface area (Å²) >= 11 is 0. The van der Waals surface area contributed by atoms with Crippen molar-refractivity contribution in [2.24, 2.45) is 0 Å². The van der Waals surface area contributed by atoms with Gasteiger partial charge in [-0.25, -0.2) is 0 Å². The van der Waals surface area contributed by atoms with E-state index in [0.29, 0.717) is 0 Å². The van der Waals surface area contributed by atoms with Gasteiger partial charge in [-0.05, 0) is 19.0 Å². The standard InChI is InChI=1S/C14H29P/c1-3-5-7-9-10-12-14-15-13-11-8-6-4-2/h11,13,15H,3-10,12,14H2,1-2H3. The fourth-order valence-electron chi connectivity index (χ4n) is 1.58. The van der Waals surface area contributed by atoms with Crippen molar-refractivity contribution in [2.75, 3.05) is 6.16 Å². The molecule has 0 aliphatic carbocycles. The Bertz CT molecular complexity index is 129. The van der Waals surface area contributed by atoms with Gasteiger partial charge in [-0.3, -0.25) is 0 Å².